The molecule has 0 radical (unpaired) electrons. The number of nitrogens with one attached hydrogen (secondary N) is 1. The van der Waals surface area contributed by atoms with Gasteiger partial charge in [0, 0.05) is 18.3 Å². The summed E-state index contributed by atoms with van der Waals surface area (Å²) in [5.41, 5.74) is 1.14. The average Bonchev–Trinajstić information content (AvgIpc) is 3.06. The minimum atomic E-state index is 0.660. The molecule has 3 rings (SSSR count). The van der Waals surface area contributed by atoms with Gasteiger partial charge in [0.1, 0.15) is 0 Å². The van der Waals surface area contributed by atoms with Crippen molar-refractivity contribution in [1.29, 1.82) is 0 Å². The first-order valence-electron chi connectivity index (χ1n) is 6.65. The van der Waals surface area contributed by atoms with Crippen LogP contribution in [0, 0.1) is 6.92 Å². The average molecular weight is 219 g/mol. The van der Waals surface area contributed by atoms with E-state index in [1.54, 1.807) is 0 Å². The third-order valence-electron chi connectivity index (χ3n) is 3.73. The molecule has 2 saturated carbocycles. The Labute approximate surface area is 97.3 Å². The number of anilines is 1. The first-order chi connectivity index (χ1) is 7.83. The van der Waals surface area contributed by atoms with Gasteiger partial charge in [0.25, 0.3) is 0 Å². The number of rotatable bonds is 3. The SMILES string of the molecule is Cc1cn(C2CC2)c(NC2CCCCC2)n1. The number of nitrogens with zero attached hydrogens (tertiary/aromatic N) is 2. The van der Waals surface area contributed by atoms with Crippen molar-refractivity contribution >= 4 is 5.95 Å². The van der Waals surface area contributed by atoms with Gasteiger partial charge >= 0.3 is 0 Å². The molecule has 1 heterocycles. The van der Waals surface area contributed by atoms with Crippen molar-refractivity contribution in [2.45, 2.75) is 64.0 Å². The second-order valence-corrected chi connectivity index (χ2v) is 5.32. The number of hydrogen-bond acceptors (Lipinski definition) is 2. The van der Waals surface area contributed by atoms with Crippen LogP contribution in [0.2, 0.25) is 0 Å². The molecule has 0 spiro atoms. The third-order valence-corrected chi connectivity index (χ3v) is 3.73. The Morgan fingerprint density at radius 1 is 1.19 bits per heavy atom. The molecule has 1 aromatic heterocycles. The molecule has 3 heteroatoms. The minimum absolute atomic E-state index is 0.660. The van der Waals surface area contributed by atoms with Gasteiger partial charge in [0.05, 0.1) is 5.69 Å². The molecule has 2 aliphatic carbocycles. The highest BCUT2D eigenvalue weighted by Crippen LogP contribution is 2.37. The molecule has 0 aromatic carbocycles. The van der Waals surface area contributed by atoms with Gasteiger partial charge in [-0.25, -0.2) is 4.98 Å². The van der Waals surface area contributed by atoms with Crippen LogP contribution in [-0.4, -0.2) is 15.6 Å². The topological polar surface area (TPSA) is 29.9 Å². The van der Waals surface area contributed by atoms with E-state index in [0.717, 1.165) is 17.7 Å². The summed E-state index contributed by atoms with van der Waals surface area (Å²) in [4.78, 5) is 4.62. The lowest BCUT2D eigenvalue weighted by molar-refractivity contribution is 0.459. The molecule has 0 aliphatic heterocycles. The summed E-state index contributed by atoms with van der Waals surface area (Å²) in [5, 5.41) is 3.64. The summed E-state index contributed by atoms with van der Waals surface area (Å²) < 4.78 is 2.35. The fourth-order valence-electron chi connectivity index (χ4n) is 2.68. The highest BCUT2D eigenvalue weighted by molar-refractivity contribution is 5.32. The maximum absolute atomic E-state index is 4.62. The van der Waals surface area contributed by atoms with E-state index in [-0.39, 0.29) is 0 Å². The van der Waals surface area contributed by atoms with E-state index < -0.39 is 0 Å². The van der Waals surface area contributed by atoms with Gasteiger partial charge in [0.15, 0.2) is 0 Å². The Morgan fingerprint density at radius 2 is 1.94 bits per heavy atom. The fraction of sp³-hybridized carbons (Fsp3) is 0.769. The van der Waals surface area contributed by atoms with Gasteiger partial charge < -0.3 is 9.88 Å². The number of hydrogen-bond donors (Lipinski definition) is 1. The van der Waals surface area contributed by atoms with E-state index in [1.807, 2.05) is 0 Å². The third kappa shape index (κ3) is 2.08. The molecular weight excluding hydrogens is 198 g/mol. The maximum Gasteiger partial charge on any atom is 0.203 e. The molecule has 16 heavy (non-hydrogen) atoms. The van der Waals surface area contributed by atoms with Gasteiger partial charge in [-0.05, 0) is 32.6 Å². The maximum atomic E-state index is 4.62. The molecule has 3 nitrogen and oxygen atoms in total. The van der Waals surface area contributed by atoms with Crippen LogP contribution < -0.4 is 5.32 Å². The van der Waals surface area contributed by atoms with Gasteiger partial charge in [-0.1, -0.05) is 19.3 Å². The number of imidazole rings is 1. The van der Waals surface area contributed by atoms with Crippen molar-refractivity contribution in [3.05, 3.63) is 11.9 Å². The molecule has 88 valence electrons. The van der Waals surface area contributed by atoms with Crippen molar-refractivity contribution in [2.24, 2.45) is 0 Å². The van der Waals surface area contributed by atoms with E-state index >= 15 is 0 Å². The Balaban J connectivity index is 1.72. The molecule has 1 aromatic rings. The minimum Gasteiger partial charge on any atom is -0.353 e. The zero-order valence-corrected chi connectivity index (χ0v) is 10.1. The standard InChI is InChI=1S/C13H21N3/c1-10-9-16(12-7-8-12)13(14-10)15-11-5-3-2-4-6-11/h9,11-12H,2-8H2,1H3,(H,14,15). The molecule has 0 unspecified atom stereocenters. The van der Waals surface area contributed by atoms with Crippen LogP contribution in [0.15, 0.2) is 6.20 Å². The zero-order chi connectivity index (χ0) is 11.0. The van der Waals surface area contributed by atoms with Crippen LogP contribution in [0.25, 0.3) is 0 Å². The predicted molar refractivity (Wildman–Crippen MR) is 65.7 cm³/mol. The van der Waals surface area contributed by atoms with E-state index in [2.05, 4.69) is 28.0 Å². The lowest BCUT2D eigenvalue weighted by Crippen LogP contribution is -2.24. The van der Waals surface area contributed by atoms with Gasteiger partial charge in [0.2, 0.25) is 5.95 Å². The summed E-state index contributed by atoms with van der Waals surface area (Å²) in [7, 11) is 0. The van der Waals surface area contributed by atoms with Gasteiger partial charge in [-0.15, -0.1) is 0 Å². The first-order valence-corrected chi connectivity index (χ1v) is 6.65. The van der Waals surface area contributed by atoms with Crippen LogP contribution in [0.1, 0.15) is 56.7 Å². The molecule has 2 aliphatic rings. The molecule has 2 fully saturated rings. The van der Waals surface area contributed by atoms with Crippen molar-refractivity contribution in [2.75, 3.05) is 5.32 Å². The largest absolute Gasteiger partial charge is 0.353 e. The monoisotopic (exact) mass is 219 g/mol. The molecule has 1 N–H and O–H groups in total. The molecule has 0 bridgehead atoms. The van der Waals surface area contributed by atoms with Crippen molar-refractivity contribution in [3.8, 4) is 0 Å². The molecular formula is C13H21N3. The van der Waals surface area contributed by atoms with Crippen LogP contribution in [-0.2, 0) is 0 Å². The summed E-state index contributed by atoms with van der Waals surface area (Å²) in [5.74, 6) is 1.12. The van der Waals surface area contributed by atoms with Crippen molar-refractivity contribution in [3.63, 3.8) is 0 Å². The quantitative estimate of drug-likeness (QED) is 0.845. The van der Waals surface area contributed by atoms with Crippen LogP contribution >= 0.6 is 0 Å². The zero-order valence-electron chi connectivity index (χ0n) is 10.1. The van der Waals surface area contributed by atoms with Gasteiger partial charge in [-0.3, -0.25) is 0 Å². The second-order valence-electron chi connectivity index (χ2n) is 5.32. The molecule has 0 amide bonds. The lowest BCUT2D eigenvalue weighted by Gasteiger charge is -2.23. The van der Waals surface area contributed by atoms with Crippen molar-refractivity contribution < 1.29 is 0 Å². The van der Waals surface area contributed by atoms with Gasteiger partial charge in [-0.2, -0.15) is 0 Å². The first kappa shape index (κ1) is 10.2. The van der Waals surface area contributed by atoms with Crippen LogP contribution in [0.5, 0.6) is 0 Å². The van der Waals surface area contributed by atoms with Crippen LogP contribution in [0.3, 0.4) is 0 Å². The summed E-state index contributed by atoms with van der Waals surface area (Å²) in [6.45, 7) is 2.09. The predicted octanol–water partition coefficient (Wildman–Crippen LogP) is 3.27. The molecule has 0 atom stereocenters. The number of aryl methyl sites for hydroxylation is 1. The van der Waals surface area contributed by atoms with E-state index in [9.17, 15) is 0 Å². The molecule has 0 saturated heterocycles. The van der Waals surface area contributed by atoms with Crippen molar-refractivity contribution in [1.82, 2.24) is 9.55 Å². The van der Waals surface area contributed by atoms with E-state index in [4.69, 9.17) is 0 Å². The summed E-state index contributed by atoms with van der Waals surface area (Å²) in [6, 6.07) is 1.39. The summed E-state index contributed by atoms with van der Waals surface area (Å²) >= 11 is 0. The Hall–Kier alpha value is -0.990. The van der Waals surface area contributed by atoms with E-state index in [0.29, 0.717) is 6.04 Å². The lowest BCUT2D eigenvalue weighted by atomic mass is 9.96. The normalized spacial score (nSPS) is 22.3. The Kier molecular flexibility index (Phi) is 2.62. The highest BCUT2D eigenvalue weighted by Gasteiger charge is 2.27. The summed E-state index contributed by atoms with van der Waals surface area (Å²) in [6.07, 6.45) is 11.6. The Morgan fingerprint density at radius 3 is 2.62 bits per heavy atom. The van der Waals surface area contributed by atoms with Crippen LogP contribution in [0.4, 0.5) is 5.95 Å². The fourth-order valence-corrected chi connectivity index (χ4v) is 2.68. The smallest absolute Gasteiger partial charge is 0.203 e. The highest BCUT2D eigenvalue weighted by atomic mass is 15.2. The second kappa shape index (κ2) is 4.11. The Bertz CT molecular complexity index is 359. The number of aromatic nitrogens is 2. The van der Waals surface area contributed by atoms with E-state index in [1.165, 1.54) is 44.9 Å².